The molecule has 4 rings (SSSR count). The van der Waals surface area contributed by atoms with E-state index in [1.54, 1.807) is 11.8 Å². The second-order valence-electron chi connectivity index (χ2n) is 7.04. The zero-order chi connectivity index (χ0) is 21.3. The van der Waals surface area contributed by atoms with Crippen LogP contribution >= 0.6 is 15.9 Å². The zero-order valence-corrected chi connectivity index (χ0v) is 18.5. The number of nitrogens with zero attached hydrogens (tertiary/aromatic N) is 3. The van der Waals surface area contributed by atoms with Gasteiger partial charge in [0.1, 0.15) is 5.75 Å². The van der Waals surface area contributed by atoms with Crippen LogP contribution in [0.25, 0.3) is 22.2 Å². The number of nitrogens with one attached hydrogen (secondary N) is 1. The van der Waals surface area contributed by atoms with E-state index >= 15 is 0 Å². The number of aromatic nitrogens is 3. The molecule has 2 aromatic carbocycles. The number of rotatable bonds is 5. The molecule has 1 amide bonds. The molecule has 152 valence electrons. The number of aryl methyl sites for hydroxylation is 2. The Balaban J connectivity index is 1.73. The molecule has 0 aliphatic heterocycles. The van der Waals surface area contributed by atoms with Gasteiger partial charge in [0.2, 0.25) is 0 Å². The van der Waals surface area contributed by atoms with Crippen molar-refractivity contribution in [1.82, 2.24) is 20.1 Å². The van der Waals surface area contributed by atoms with Crippen molar-refractivity contribution < 1.29 is 9.53 Å². The summed E-state index contributed by atoms with van der Waals surface area (Å²) in [6, 6.07) is 15.2. The molecule has 2 heterocycles. The quantitative estimate of drug-likeness (QED) is 0.466. The second-order valence-corrected chi connectivity index (χ2v) is 7.96. The van der Waals surface area contributed by atoms with Crippen molar-refractivity contribution in [2.45, 2.75) is 13.5 Å². The summed E-state index contributed by atoms with van der Waals surface area (Å²) in [6.45, 7) is 2.34. The van der Waals surface area contributed by atoms with Crippen LogP contribution in [0, 0.1) is 6.92 Å². The van der Waals surface area contributed by atoms with Crippen LogP contribution in [0.3, 0.4) is 0 Å². The predicted molar refractivity (Wildman–Crippen MR) is 121 cm³/mol. The van der Waals surface area contributed by atoms with Crippen molar-refractivity contribution in [3.8, 4) is 17.0 Å². The van der Waals surface area contributed by atoms with Gasteiger partial charge in [0.05, 0.1) is 29.6 Å². The first-order valence-corrected chi connectivity index (χ1v) is 10.3. The van der Waals surface area contributed by atoms with E-state index in [9.17, 15) is 4.79 Å². The van der Waals surface area contributed by atoms with E-state index in [1.165, 1.54) is 0 Å². The molecule has 0 unspecified atom stereocenters. The average Bonchev–Trinajstić information content (AvgIpc) is 3.08. The molecular formula is C23H21BrN4O2. The van der Waals surface area contributed by atoms with Crippen molar-refractivity contribution in [1.29, 1.82) is 0 Å². The van der Waals surface area contributed by atoms with E-state index in [4.69, 9.17) is 9.72 Å². The Bertz CT molecular complexity index is 1230. The molecule has 0 atom stereocenters. The summed E-state index contributed by atoms with van der Waals surface area (Å²) in [5.74, 6) is 0.617. The topological polar surface area (TPSA) is 69.0 Å². The molecule has 0 aliphatic rings. The SMILES string of the molecule is COc1ccc(-c2cc(C(=O)NCc3cn(C)nc3C)c3cc(Br)ccc3n2)cc1. The summed E-state index contributed by atoms with van der Waals surface area (Å²) in [5.41, 5.74) is 4.87. The number of hydrogen-bond acceptors (Lipinski definition) is 4. The van der Waals surface area contributed by atoms with E-state index in [1.807, 2.05) is 68.7 Å². The molecule has 0 saturated carbocycles. The molecule has 4 aromatic rings. The van der Waals surface area contributed by atoms with Crippen LogP contribution in [0.15, 0.2) is 59.2 Å². The van der Waals surface area contributed by atoms with Crippen LogP contribution < -0.4 is 10.1 Å². The Morgan fingerprint density at radius 2 is 1.93 bits per heavy atom. The summed E-state index contributed by atoms with van der Waals surface area (Å²) >= 11 is 3.50. The number of carbonyl (C=O) groups excluding carboxylic acids is 1. The van der Waals surface area contributed by atoms with Crippen molar-refractivity contribution in [3.63, 3.8) is 0 Å². The maximum absolute atomic E-state index is 13.1. The van der Waals surface area contributed by atoms with Crippen LogP contribution in [0.2, 0.25) is 0 Å². The zero-order valence-electron chi connectivity index (χ0n) is 16.9. The standard InChI is InChI=1S/C23H21BrN4O2/c1-14-16(13-28(2)27-14)12-25-23(29)20-11-22(15-4-7-18(30-3)8-5-15)26-21-9-6-17(24)10-19(20)21/h4-11,13H,12H2,1-3H3,(H,25,29). The van der Waals surface area contributed by atoms with Gasteiger partial charge in [0, 0.05) is 40.8 Å². The lowest BCUT2D eigenvalue weighted by atomic mass is 10.0. The summed E-state index contributed by atoms with van der Waals surface area (Å²) < 4.78 is 7.88. The molecule has 1 N–H and O–H groups in total. The Labute approximate surface area is 183 Å². The molecule has 30 heavy (non-hydrogen) atoms. The molecule has 0 bridgehead atoms. The fourth-order valence-electron chi connectivity index (χ4n) is 3.39. The number of methoxy groups -OCH3 is 1. The molecular weight excluding hydrogens is 444 g/mol. The molecule has 0 aliphatic carbocycles. The number of pyridine rings is 1. The third kappa shape index (κ3) is 4.07. The lowest BCUT2D eigenvalue weighted by molar-refractivity contribution is 0.0952. The normalized spacial score (nSPS) is 10.9. The van der Waals surface area contributed by atoms with Gasteiger partial charge in [-0.3, -0.25) is 9.48 Å². The fourth-order valence-corrected chi connectivity index (χ4v) is 3.75. The van der Waals surface area contributed by atoms with Gasteiger partial charge in [-0.05, 0) is 55.5 Å². The van der Waals surface area contributed by atoms with Crippen LogP contribution in [0.5, 0.6) is 5.75 Å². The molecule has 0 fully saturated rings. The Kier molecular flexibility index (Phi) is 5.55. The second kappa shape index (κ2) is 8.28. The number of ether oxygens (including phenoxy) is 1. The smallest absolute Gasteiger partial charge is 0.252 e. The number of fused-ring (bicyclic) bond motifs is 1. The highest BCUT2D eigenvalue weighted by Gasteiger charge is 2.15. The van der Waals surface area contributed by atoms with Gasteiger partial charge < -0.3 is 10.1 Å². The van der Waals surface area contributed by atoms with Gasteiger partial charge in [0.15, 0.2) is 0 Å². The lowest BCUT2D eigenvalue weighted by Crippen LogP contribution is -2.23. The molecule has 6 nitrogen and oxygen atoms in total. The number of hydrogen-bond donors (Lipinski definition) is 1. The highest BCUT2D eigenvalue weighted by atomic mass is 79.9. The maximum Gasteiger partial charge on any atom is 0.252 e. The minimum atomic E-state index is -0.154. The predicted octanol–water partition coefficient (Wildman–Crippen LogP) is 4.64. The third-order valence-corrected chi connectivity index (χ3v) is 5.45. The Morgan fingerprint density at radius 1 is 1.17 bits per heavy atom. The van der Waals surface area contributed by atoms with Crippen molar-refractivity contribution in [3.05, 3.63) is 76.0 Å². The maximum atomic E-state index is 13.1. The average molecular weight is 465 g/mol. The van der Waals surface area contributed by atoms with Gasteiger partial charge in [-0.1, -0.05) is 15.9 Å². The molecule has 7 heteroatoms. The first kappa shape index (κ1) is 20.1. The molecule has 0 saturated heterocycles. The van der Waals surface area contributed by atoms with Gasteiger partial charge in [-0.25, -0.2) is 4.98 Å². The minimum absolute atomic E-state index is 0.154. The highest BCUT2D eigenvalue weighted by Crippen LogP contribution is 2.28. The van der Waals surface area contributed by atoms with E-state index in [2.05, 4.69) is 26.3 Å². The highest BCUT2D eigenvalue weighted by molar-refractivity contribution is 9.10. The van der Waals surface area contributed by atoms with E-state index in [-0.39, 0.29) is 5.91 Å². The summed E-state index contributed by atoms with van der Waals surface area (Å²) in [5, 5.41) is 8.15. The minimum Gasteiger partial charge on any atom is -0.497 e. The van der Waals surface area contributed by atoms with Crippen LogP contribution in [0.1, 0.15) is 21.6 Å². The van der Waals surface area contributed by atoms with Crippen molar-refractivity contribution >= 4 is 32.7 Å². The lowest BCUT2D eigenvalue weighted by Gasteiger charge is -2.11. The number of amides is 1. The van der Waals surface area contributed by atoms with Crippen molar-refractivity contribution in [2.75, 3.05) is 7.11 Å². The third-order valence-electron chi connectivity index (χ3n) is 4.96. The number of halogens is 1. The molecule has 2 aromatic heterocycles. The van der Waals surface area contributed by atoms with Crippen molar-refractivity contribution in [2.24, 2.45) is 7.05 Å². The van der Waals surface area contributed by atoms with Gasteiger partial charge >= 0.3 is 0 Å². The Morgan fingerprint density at radius 3 is 2.60 bits per heavy atom. The van der Waals surface area contributed by atoms with E-state index < -0.39 is 0 Å². The van der Waals surface area contributed by atoms with Crippen LogP contribution in [0.4, 0.5) is 0 Å². The molecule has 0 spiro atoms. The first-order chi connectivity index (χ1) is 14.4. The Hall–Kier alpha value is -3.19. The summed E-state index contributed by atoms with van der Waals surface area (Å²) in [4.78, 5) is 17.9. The monoisotopic (exact) mass is 464 g/mol. The summed E-state index contributed by atoms with van der Waals surface area (Å²) in [7, 11) is 3.50. The van der Waals surface area contributed by atoms with Gasteiger partial charge in [0.25, 0.3) is 5.91 Å². The number of carbonyl (C=O) groups is 1. The van der Waals surface area contributed by atoms with Crippen LogP contribution in [-0.2, 0) is 13.6 Å². The largest absolute Gasteiger partial charge is 0.497 e. The first-order valence-electron chi connectivity index (χ1n) is 9.46. The number of benzene rings is 2. The van der Waals surface area contributed by atoms with Crippen LogP contribution in [-0.4, -0.2) is 27.8 Å². The molecule has 0 radical (unpaired) electrons. The van der Waals surface area contributed by atoms with Gasteiger partial charge in [-0.15, -0.1) is 0 Å². The fraction of sp³-hybridized carbons (Fsp3) is 0.174. The summed E-state index contributed by atoms with van der Waals surface area (Å²) in [6.07, 6.45) is 1.92. The van der Waals surface area contributed by atoms with E-state index in [0.29, 0.717) is 12.1 Å². The van der Waals surface area contributed by atoms with E-state index in [0.717, 1.165) is 43.6 Å². The van der Waals surface area contributed by atoms with Gasteiger partial charge in [-0.2, -0.15) is 5.10 Å².